The number of halogens is 2. The second-order valence-corrected chi connectivity index (χ2v) is 6.73. The lowest BCUT2D eigenvalue weighted by Crippen LogP contribution is -2.25. The summed E-state index contributed by atoms with van der Waals surface area (Å²) in [7, 11) is 0. The van der Waals surface area contributed by atoms with Crippen molar-refractivity contribution >= 4 is 46.4 Å². The van der Waals surface area contributed by atoms with Crippen molar-refractivity contribution in [1.29, 1.82) is 0 Å². The number of aromatic nitrogens is 1. The highest BCUT2D eigenvalue weighted by molar-refractivity contribution is 6.36. The van der Waals surface area contributed by atoms with Gasteiger partial charge in [-0.1, -0.05) is 48.0 Å². The molecule has 2 heterocycles. The molecule has 0 spiro atoms. The van der Waals surface area contributed by atoms with Crippen LogP contribution in [-0.4, -0.2) is 11.5 Å². The Hall–Kier alpha value is -1.97. The van der Waals surface area contributed by atoms with Gasteiger partial charge in [-0.2, -0.15) is 0 Å². The zero-order valence-corrected chi connectivity index (χ0v) is 15.5. The normalized spacial score (nSPS) is 13.9. The van der Waals surface area contributed by atoms with Gasteiger partial charge in [0.2, 0.25) is 0 Å². The molecule has 4 rings (SSSR count). The number of pyridine rings is 1. The number of nitrogens with zero attached hydrogens (tertiary/aromatic N) is 2. The van der Waals surface area contributed by atoms with E-state index in [4.69, 9.17) is 22.3 Å². The van der Waals surface area contributed by atoms with E-state index in [1.165, 1.54) is 5.56 Å². The van der Waals surface area contributed by atoms with Crippen LogP contribution in [0, 0.1) is 0 Å². The molecule has 130 valence electrons. The first kappa shape index (κ1) is 17.8. The van der Waals surface area contributed by atoms with Crippen molar-refractivity contribution in [3.8, 4) is 0 Å². The highest BCUT2D eigenvalue weighted by Gasteiger charge is 2.22. The van der Waals surface area contributed by atoms with Crippen LogP contribution in [0.25, 0.3) is 10.9 Å². The van der Waals surface area contributed by atoms with Gasteiger partial charge in [-0.15, -0.1) is 12.4 Å². The SMILES string of the molecule is Cl.Nc1c2c(nc3cccc(Cl)c13)N(Cc1ccccc1)CCCC2. The Kier molecular flexibility index (Phi) is 5.36. The van der Waals surface area contributed by atoms with Crippen molar-refractivity contribution in [2.75, 3.05) is 17.2 Å². The smallest absolute Gasteiger partial charge is 0.134 e. The second-order valence-electron chi connectivity index (χ2n) is 6.33. The molecule has 3 aromatic rings. The van der Waals surface area contributed by atoms with E-state index in [1.807, 2.05) is 24.3 Å². The molecule has 2 N–H and O–H groups in total. The van der Waals surface area contributed by atoms with Crippen molar-refractivity contribution in [1.82, 2.24) is 4.98 Å². The van der Waals surface area contributed by atoms with Gasteiger partial charge in [0.1, 0.15) is 5.82 Å². The first-order valence-corrected chi connectivity index (χ1v) is 8.77. The van der Waals surface area contributed by atoms with Gasteiger partial charge in [-0.05, 0) is 37.0 Å². The minimum atomic E-state index is 0. The quantitative estimate of drug-likeness (QED) is 0.667. The maximum Gasteiger partial charge on any atom is 0.134 e. The minimum Gasteiger partial charge on any atom is -0.398 e. The zero-order chi connectivity index (χ0) is 16.5. The highest BCUT2D eigenvalue weighted by atomic mass is 35.5. The molecule has 0 saturated carbocycles. The summed E-state index contributed by atoms with van der Waals surface area (Å²) in [6, 6.07) is 16.3. The molecular weight excluding hydrogens is 353 g/mol. The Balaban J connectivity index is 0.00000182. The van der Waals surface area contributed by atoms with Gasteiger partial charge in [0.05, 0.1) is 10.5 Å². The zero-order valence-electron chi connectivity index (χ0n) is 13.9. The van der Waals surface area contributed by atoms with Gasteiger partial charge < -0.3 is 10.6 Å². The van der Waals surface area contributed by atoms with Crippen LogP contribution in [0.3, 0.4) is 0 Å². The number of fused-ring (bicyclic) bond motifs is 2. The Morgan fingerprint density at radius 2 is 1.84 bits per heavy atom. The third kappa shape index (κ3) is 3.39. The van der Waals surface area contributed by atoms with Gasteiger partial charge in [0.25, 0.3) is 0 Å². The molecule has 3 nitrogen and oxygen atoms in total. The lowest BCUT2D eigenvalue weighted by atomic mass is 10.0. The minimum absolute atomic E-state index is 0. The van der Waals surface area contributed by atoms with E-state index < -0.39 is 0 Å². The molecule has 1 aromatic heterocycles. The maximum atomic E-state index is 6.51. The molecule has 1 aliphatic rings. The highest BCUT2D eigenvalue weighted by Crippen LogP contribution is 2.37. The average Bonchev–Trinajstić information content (AvgIpc) is 2.79. The van der Waals surface area contributed by atoms with E-state index in [2.05, 4.69) is 29.2 Å². The number of nitrogen functional groups attached to an aromatic ring is 1. The molecule has 1 aliphatic heterocycles. The first-order chi connectivity index (χ1) is 11.7. The molecule has 0 saturated heterocycles. The van der Waals surface area contributed by atoms with Crippen LogP contribution in [0.4, 0.5) is 11.5 Å². The van der Waals surface area contributed by atoms with Crippen molar-refractivity contribution in [2.45, 2.75) is 25.8 Å². The standard InChI is InChI=1S/C20H20ClN3.ClH/c21-16-10-6-11-17-18(16)19(22)15-9-4-5-12-24(20(15)23-17)13-14-7-2-1-3-8-14;/h1-3,6-8,10-11H,4-5,9,12-13H2,(H2,22,23);1H. The third-order valence-electron chi connectivity index (χ3n) is 4.70. The molecule has 0 bridgehead atoms. The molecular formula is C20H21Cl2N3. The molecule has 0 unspecified atom stereocenters. The molecule has 0 atom stereocenters. The van der Waals surface area contributed by atoms with E-state index in [0.29, 0.717) is 5.02 Å². The number of benzene rings is 2. The van der Waals surface area contributed by atoms with Crippen molar-refractivity contribution in [3.63, 3.8) is 0 Å². The van der Waals surface area contributed by atoms with E-state index >= 15 is 0 Å². The van der Waals surface area contributed by atoms with Crippen LogP contribution in [0.15, 0.2) is 48.5 Å². The van der Waals surface area contributed by atoms with Crippen LogP contribution < -0.4 is 10.6 Å². The van der Waals surface area contributed by atoms with Crippen molar-refractivity contribution in [3.05, 3.63) is 64.7 Å². The summed E-state index contributed by atoms with van der Waals surface area (Å²) >= 11 is 6.38. The molecule has 2 aromatic carbocycles. The second kappa shape index (κ2) is 7.51. The van der Waals surface area contributed by atoms with Crippen LogP contribution >= 0.6 is 24.0 Å². The summed E-state index contributed by atoms with van der Waals surface area (Å²) in [5.41, 5.74) is 10.6. The lowest BCUT2D eigenvalue weighted by molar-refractivity contribution is 0.711. The summed E-state index contributed by atoms with van der Waals surface area (Å²) < 4.78 is 0. The van der Waals surface area contributed by atoms with Gasteiger partial charge in [0, 0.05) is 29.7 Å². The van der Waals surface area contributed by atoms with Crippen LogP contribution in [-0.2, 0) is 13.0 Å². The fraction of sp³-hybridized carbons (Fsp3) is 0.250. The Bertz CT molecular complexity index is 881. The molecule has 5 heteroatoms. The first-order valence-electron chi connectivity index (χ1n) is 8.39. The predicted molar refractivity (Wildman–Crippen MR) is 109 cm³/mol. The molecule has 0 fully saturated rings. The largest absolute Gasteiger partial charge is 0.398 e. The molecule has 0 aliphatic carbocycles. The monoisotopic (exact) mass is 373 g/mol. The molecule has 25 heavy (non-hydrogen) atoms. The lowest BCUT2D eigenvalue weighted by Gasteiger charge is -2.25. The predicted octanol–water partition coefficient (Wildman–Crippen LogP) is 5.24. The number of hydrogen-bond donors (Lipinski definition) is 1. The molecule has 0 radical (unpaired) electrons. The topological polar surface area (TPSA) is 42.1 Å². The van der Waals surface area contributed by atoms with Crippen molar-refractivity contribution in [2.24, 2.45) is 0 Å². The van der Waals surface area contributed by atoms with Crippen LogP contribution in [0.1, 0.15) is 24.0 Å². The summed E-state index contributed by atoms with van der Waals surface area (Å²) in [5.74, 6) is 1.02. The number of hydrogen-bond acceptors (Lipinski definition) is 3. The molecule has 0 amide bonds. The fourth-order valence-electron chi connectivity index (χ4n) is 3.50. The number of nitrogens with two attached hydrogens (primary N) is 1. The van der Waals surface area contributed by atoms with Gasteiger partial charge in [-0.25, -0.2) is 4.98 Å². The Labute approximate surface area is 159 Å². The van der Waals surface area contributed by atoms with E-state index in [0.717, 1.165) is 60.3 Å². The number of anilines is 2. The van der Waals surface area contributed by atoms with E-state index in [1.54, 1.807) is 0 Å². The van der Waals surface area contributed by atoms with Crippen molar-refractivity contribution < 1.29 is 0 Å². The average molecular weight is 374 g/mol. The van der Waals surface area contributed by atoms with Crippen LogP contribution in [0.2, 0.25) is 5.02 Å². The van der Waals surface area contributed by atoms with E-state index in [9.17, 15) is 0 Å². The summed E-state index contributed by atoms with van der Waals surface area (Å²) in [5, 5.41) is 1.57. The van der Waals surface area contributed by atoms with Crippen LogP contribution in [0.5, 0.6) is 0 Å². The maximum absolute atomic E-state index is 6.51. The summed E-state index contributed by atoms with van der Waals surface area (Å²) in [4.78, 5) is 7.29. The van der Waals surface area contributed by atoms with Gasteiger partial charge in [-0.3, -0.25) is 0 Å². The fourth-order valence-corrected chi connectivity index (χ4v) is 3.77. The van der Waals surface area contributed by atoms with Gasteiger partial charge in [0.15, 0.2) is 0 Å². The summed E-state index contributed by atoms with van der Waals surface area (Å²) in [6.07, 6.45) is 3.23. The number of rotatable bonds is 2. The van der Waals surface area contributed by atoms with E-state index in [-0.39, 0.29) is 12.4 Å². The third-order valence-corrected chi connectivity index (χ3v) is 5.02. The summed E-state index contributed by atoms with van der Waals surface area (Å²) in [6.45, 7) is 1.85. The Morgan fingerprint density at radius 3 is 2.64 bits per heavy atom. The Morgan fingerprint density at radius 1 is 1.04 bits per heavy atom. The van der Waals surface area contributed by atoms with Gasteiger partial charge >= 0.3 is 0 Å².